The van der Waals surface area contributed by atoms with E-state index in [-0.39, 0.29) is 50.3 Å². The summed E-state index contributed by atoms with van der Waals surface area (Å²) in [7, 11) is -3.31. The zero-order valence-electron chi connectivity index (χ0n) is 54.7. The van der Waals surface area contributed by atoms with Crippen LogP contribution in [0.2, 0.25) is 0 Å². The number of methoxy groups -OCH3 is 1. The van der Waals surface area contributed by atoms with Gasteiger partial charge in [0.1, 0.15) is 53.2 Å². The Hall–Kier alpha value is -3.60. The van der Waals surface area contributed by atoms with Gasteiger partial charge < -0.3 is 68.7 Å². The first-order valence-electron chi connectivity index (χ1n) is 31.2. The first-order chi connectivity index (χ1) is 41.1. The summed E-state index contributed by atoms with van der Waals surface area (Å²) in [6, 6.07) is 29.6. The average molecular weight is 1310 g/mol. The number of rotatable bonds is 19. The molecule has 18 atom stereocenters. The number of unbranched alkanes of at least 4 members (excludes halogenated alkanes) is 4. The van der Waals surface area contributed by atoms with E-state index in [0.29, 0.717) is 12.8 Å². The van der Waals surface area contributed by atoms with Gasteiger partial charge in [0.05, 0.1) is 53.7 Å². The van der Waals surface area contributed by atoms with Crippen molar-refractivity contribution in [2.24, 2.45) is 17.8 Å². The van der Waals surface area contributed by atoms with E-state index in [1.54, 1.807) is 53.4 Å². The number of anilines is 1. The molecule has 0 aromatic heterocycles. The molecule has 0 aliphatic carbocycles. The monoisotopic (exact) mass is 1310 g/mol. The van der Waals surface area contributed by atoms with Crippen LogP contribution in [0.15, 0.2) is 84.9 Å². The number of carbonyl (C=O) groups is 2. The third-order valence-corrected chi connectivity index (χ3v) is 22.8. The number of amides is 1. The number of likely N-dealkylation sites (N-methyl/N-ethyl adjacent to an activating group) is 1. The molecule has 0 unspecified atom stereocenters. The predicted molar refractivity (Wildman–Crippen MR) is 339 cm³/mol. The number of benzene rings is 3. The third-order valence-electron chi connectivity index (χ3n) is 18.3. The fourth-order valence-corrected chi connectivity index (χ4v) is 17.7. The SMILES string of the molecule is CC[C@H]1OC(=O)[C@H](C)[C@@H](O[C@H]2C[C@@](C)(OC)[C@@H](O)[C@H](C)O2)[C@H](C)[C@@H](O[C@@H]2O[C@H](C)C[C@H](N(C)C)[C@H]2O)[C@](C)(O)C[C@@H](C)CN(C(=O)CCCCCCC[P+](c2ccccc2)(c2ccccc2)c2ccc(N(C)C)cc2)[C@H](C)[C@@H](O)[C@]1(C)O.F[P-](F)(F)(F)(F)F. The van der Waals surface area contributed by atoms with Gasteiger partial charge in [0.15, 0.2) is 12.6 Å². The summed E-state index contributed by atoms with van der Waals surface area (Å²) in [4.78, 5) is 35.2. The zero-order valence-corrected chi connectivity index (χ0v) is 56.5. The van der Waals surface area contributed by atoms with Crippen LogP contribution in [0.4, 0.5) is 30.9 Å². The molecule has 3 aliphatic heterocycles. The van der Waals surface area contributed by atoms with Gasteiger partial charge in [-0.3, -0.25) is 9.59 Å². The van der Waals surface area contributed by atoms with Crippen LogP contribution < -0.4 is 20.8 Å². The number of hydrogen-bond donors (Lipinski definition) is 5. The average Bonchev–Trinajstić information content (AvgIpc) is 1.19. The van der Waals surface area contributed by atoms with E-state index in [0.717, 1.165) is 37.5 Å². The maximum atomic E-state index is 14.8. The number of hydrogen-bond acceptors (Lipinski definition) is 15. The fourth-order valence-electron chi connectivity index (χ4n) is 13.3. The fraction of sp³-hybridized carbons (Fsp3) is 0.692. The molecule has 6 rings (SSSR count). The molecule has 0 spiro atoms. The first kappa shape index (κ1) is 76.1. The molecule has 5 N–H and O–H groups in total. The van der Waals surface area contributed by atoms with Crippen molar-refractivity contribution in [3.05, 3.63) is 84.9 Å². The van der Waals surface area contributed by atoms with Crippen LogP contribution in [0.25, 0.3) is 0 Å². The van der Waals surface area contributed by atoms with Crippen molar-refractivity contribution in [2.75, 3.05) is 52.9 Å². The molecule has 89 heavy (non-hydrogen) atoms. The van der Waals surface area contributed by atoms with Crippen LogP contribution in [0.1, 0.15) is 133 Å². The predicted octanol–water partition coefficient (Wildman–Crippen LogP) is 10.6. The zero-order chi connectivity index (χ0) is 66.9. The quantitative estimate of drug-likeness (QED) is 0.0328. The van der Waals surface area contributed by atoms with E-state index < -0.39 is 117 Å². The van der Waals surface area contributed by atoms with Crippen LogP contribution in [0.3, 0.4) is 0 Å². The Kier molecular flexibility index (Phi) is 25.8. The van der Waals surface area contributed by atoms with Gasteiger partial charge in [0, 0.05) is 58.2 Å². The maximum absolute atomic E-state index is 14.8. The van der Waals surface area contributed by atoms with Crippen molar-refractivity contribution in [3.63, 3.8) is 0 Å². The Morgan fingerprint density at radius 3 is 1.79 bits per heavy atom. The van der Waals surface area contributed by atoms with Crippen molar-refractivity contribution in [2.45, 2.75) is 224 Å². The van der Waals surface area contributed by atoms with Gasteiger partial charge in [0.25, 0.3) is 0 Å². The summed E-state index contributed by atoms with van der Waals surface area (Å²) in [5.74, 6) is -3.33. The molecule has 0 radical (unpaired) electrons. The molecule has 3 heterocycles. The number of ether oxygens (including phenoxy) is 6. The van der Waals surface area contributed by atoms with E-state index in [2.05, 4.69) is 104 Å². The Morgan fingerprint density at radius 2 is 1.27 bits per heavy atom. The summed E-state index contributed by atoms with van der Waals surface area (Å²) in [5, 5.41) is 64.8. The van der Waals surface area contributed by atoms with Gasteiger partial charge in [-0.1, -0.05) is 70.0 Å². The normalized spacial score (nSPS) is 34.6. The number of nitrogens with zero attached hydrogens (tertiary/aromatic N) is 3. The third kappa shape index (κ3) is 20.7. The van der Waals surface area contributed by atoms with E-state index in [1.165, 1.54) is 29.9 Å². The Morgan fingerprint density at radius 1 is 0.742 bits per heavy atom. The van der Waals surface area contributed by atoms with Crippen LogP contribution >= 0.6 is 15.1 Å². The Bertz CT molecular complexity index is 2640. The van der Waals surface area contributed by atoms with Crippen LogP contribution in [0.5, 0.6) is 0 Å². The summed E-state index contributed by atoms with van der Waals surface area (Å²) in [5.41, 5.74) is -3.68. The number of cyclic esters (lactones) is 1. The van der Waals surface area contributed by atoms with Crippen molar-refractivity contribution in [1.82, 2.24) is 9.80 Å². The number of halogens is 6. The van der Waals surface area contributed by atoms with Gasteiger partial charge in [-0.2, -0.15) is 0 Å². The molecule has 3 saturated heterocycles. The van der Waals surface area contributed by atoms with E-state index in [9.17, 15) is 60.3 Å². The first-order valence-corrected chi connectivity index (χ1v) is 35.2. The van der Waals surface area contributed by atoms with Crippen LogP contribution in [-0.4, -0.2) is 186 Å². The summed E-state index contributed by atoms with van der Waals surface area (Å²) < 4.78 is 97.6. The standard InChI is InChI=1S/C65H103N3O13P.F6P/c1-16-53-65(10,75)58(71)46(6)68(54(69)32-26-18-17-19-27-37-82(49-28-22-20-23-29-49,50-30-24-21-25-31-50)51-35-33-48(34-36-51)66(11)12)41-42(2)39-63(8,74)60(81-62-56(70)52(67(13)14)38-43(3)77-62)44(4)57(45(5)61(73)79-53)80-55-40-64(9,76-15)59(72)47(7)78-55;1-7(2,3,4,5)6/h20-25,28-31,33-36,42-47,52-53,55-60,62,70-72,74-75H,16-19,26-27,32,37-41H2,1-15H3;/q+1;-1/t42-,43-,44+,45-,46-,47+,52+,53-,55+,56-,57+,58-,59+,60-,62+,63-,64-,65-;/m1./s1. The molecule has 3 aliphatic rings. The van der Waals surface area contributed by atoms with Crippen molar-refractivity contribution < 1.29 is 88.7 Å². The second-order valence-electron chi connectivity index (χ2n) is 26.4. The molecule has 16 nitrogen and oxygen atoms in total. The molecule has 3 aromatic carbocycles. The summed E-state index contributed by atoms with van der Waals surface area (Å²) in [6.45, 7) is 17.4. The summed E-state index contributed by atoms with van der Waals surface area (Å²) in [6.07, 6.45) is -4.13. The van der Waals surface area contributed by atoms with Crippen molar-refractivity contribution >= 4 is 48.5 Å². The minimum atomic E-state index is -10.7. The molecule has 0 saturated carbocycles. The van der Waals surface area contributed by atoms with Crippen molar-refractivity contribution in [3.8, 4) is 0 Å². The van der Waals surface area contributed by atoms with Gasteiger partial charge in [0.2, 0.25) is 5.91 Å². The number of aliphatic hydroxyl groups excluding tert-OH is 3. The molecular formula is C65H103F6N3O13P2. The Labute approximate surface area is 524 Å². The molecule has 508 valence electrons. The van der Waals surface area contributed by atoms with E-state index in [1.807, 2.05) is 32.8 Å². The number of esters is 1. The van der Waals surface area contributed by atoms with Gasteiger partial charge in [-0.25, -0.2) is 0 Å². The molecule has 1 amide bonds. The molecule has 3 aromatic rings. The number of aliphatic hydroxyl groups is 5. The molecule has 24 heteroatoms. The molecule has 0 bridgehead atoms. The van der Waals surface area contributed by atoms with Gasteiger partial charge in [-0.05, 0) is 156 Å². The van der Waals surface area contributed by atoms with Crippen molar-refractivity contribution in [1.29, 1.82) is 0 Å². The van der Waals surface area contributed by atoms with Gasteiger partial charge >= 0.3 is 39.0 Å². The summed E-state index contributed by atoms with van der Waals surface area (Å²) >= 11 is 0. The van der Waals surface area contributed by atoms with Crippen LogP contribution in [-0.2, 0) is 38.0 Å². The molecular weight excluding hydrogens is 1210 g/mol. The second kappa shape index (κ2) is 30.2. The van der Waals surface area contributed by atoms with E-state index >= 15 is 0 Å². The second-order valence-corrected chi connectivity index (χ2v) is 31.9. The topological polar surface area (TPSA) is 200 Å². The Balaban J connectivity index is 0.00000194. The van der Waals surface area contributed by atoms with Gasteiger partial charge in [-0.15, -0.1) is 0 Å². The number of carbonyl (C=O) groups excluding carboxylic acids is 2. The molecule has 3 fully saturated rings. The van der Waals surface area contributed by atoms with E-state index in [4.69, 9.17) is 28.4 Å². The minimum absolute atomic E-state index is 0.0599. The van der Waals surface area contributed by atoms with Crippen LogP contribution in [0, 0.1) is 17.8 Å².